The second-order valence-electron chi connectivity index (χ2n) is 2.96. The van der Waals surface area contributed by atoms with E-state index in [9.17, 15) is 4.79 Å². The van der Waals surface area contributed by atoms with Crippen molar-refractivity contribution in [2.24, 2.45) is 0 Å². The van der Waals surface area contributed by atoms with Crippen LogP contribution in [-0.4, -0.2) is 17.7 Å². The summed E-state index contributed by atoms with van der Waals surface area (Å²) < 4.78 is 4.58. The molecule has 0 atom stereocenters. The van der Waals surface area contributed by atoms with Crippen molar-refractivity contribution in [3.8, 4) is 0 Å². The van der Waals surface area contributed by atoms with E-state index in [1.165, 1.54) is 0 Å². The van der Waals surface area contributed by atoms with Gasteiger partial charge in [-0.25, -0.2) is 4.79 Å². The second-order valence-corrected chi connectivity index (χ2v) is 2.96. The lowest BCUT2D eigenvalue weighted by Gasteiger charge is -1.94. The first kappa shape index (κ1) is 12.8. The maximum Gasteiger partial charge on any atom is 0.330 e. The van der Waals surface area contributed by atoms with Gasteiger partial charge in [0, 0.05) is 12.5 Å². The van der Waals surface area contributed by atoms with E-state index < -0.39 is 0 Å². The van der Waals surface area contributed by atoms with Gasteiger partial charge in [-0.15, -0.1) is 0 Å². The molecule has 0 aromatic rings. The molecule has 1 aliphatic rings. The molecule has 3 heteroatoms. The molecule has 1 aliphatic carbocycles. The largest absolute Gasteiger partial charge is 0.513 e. The van der Waals surface area contributed by atoms with Crippen LogP contribution in [0.4, 0.5) is 0 Å². The summed E-state index contributed by atoms with van der Waals surface area (Å²) in [5, 5.41) is 8.59. The summed E-state index contributed by atoms with van der Waals surface area (Å²) in [5.74, 6) is 0.238. The summed E-state index contributed by atoms with van der Waals surface area (Å²) in [6.07, 6.45) is 7.02. The maximum absolute atomic E-state index is 10.2. The Morgan fingerprint density at radius 3 is 2.79 bits per heavy atom. The monoisotopic (exact) mass is 198 g/mol. The van der Waals surface area contributed by atoms with E-state index in [2.05, 4.69) is 11.3 Å². The molecule has 0 saturated heterocycles. The summed E-state index contributed by atoms with van der Waals surface area (Å²) in [5.41, 5.74) is 0. The second kappa shape index (κ2) is 8.35. The van der Waals surface area contributed by atoms with Crippen molar-refractivity contribution < 1.29 is 14.6 Å². The average molecular weight is 198 g/mol. The molecule has 0 radical (unpaired) electrons. The molecule has 0 aromatic heterocycles. The molecule has 0 saturated carbocycles. The number of esters is 1. The molecule has 0 amide bonds. The minimum Gasteiger partial charge on any atom is -0.513 e. The van der Waals surface area contributed by atoms with E-state index in [4.69, 9.17) is 5.11 Å². The Kier molecular flexibility index (Phi) is 7.61. The minimum atomic E-state index is -0.341. The summed E-state index contributed by atoms with van der Waals surface area (Å²) in [4.78, 5) is 10.2. The zero-order valence-corrected chi connectivity index (χ0v) is 8.66. The highest BCUT2D eigenvalue weighted by atomic mass is 16.5. The topological polar surface area (TPSA) is 46.5 Å². The smallest absolute Gasteiger partial charge is 0.330 e. The average Bonchev–Trinajstić information content (AvgIpc) is 2.66. The molecule has 0 fully saturated rings. The minimum absolute atomic E-state index is 0.341. The Morgan fingerprint density at radius 1 is 1.79 bits per heavy atom. The van der Waals surface area contributed by atoms with Gasteiger partial charge in [-0.3, -0.25) is 0 Å². The fourth-order valence-corrected chi connectivity index (χ4v) is 0.915. The van der Waals surface area contributed by atoms with Crippen molar-refractivity contribution in [1.82, 2.24) is 0 Å². The Morgan fingerprint density at radius 2 is 2.50 bits per heavy atom. The van der Waals surface area contributed by atoms with Gasteiger partial charge in [0.05, 0.1) is 12.4 Å². The van der Waals surface area contributed by atoms with Gasteiger partial charge >= 0.3 is 5.97 Å². The van der Waals surface area contributed by atoms with Crippen molar-refractivity contribution in [3.63, 3.8) is 0 Å². The third-order valence-corrected chi connectivity index (χ3v) is 1.63. The van der Waals surface area contributed by atoms with Crippen molar-refractivity contribution >= 4 is 5.97 Å². The van der Waals surface area contributed by atoms with Gasteiger partial charge in [0.25, 0.3) is 0 Å². The Labute approximate surface area is 85.1 Å². The van der Waals surface area contributed by atoms with Gasteiger partial charge in [-0.05, 0) is 25.3 Å². The molecule has 3 nitrogen and oxygen atoms in total. The lowest BCUT2D eigenvalue weighted by atomic mass is 10.4. The molecule has 0 heterocycles. The van der Waals surface area contributed by atoms with Crippen LogP contribution in [0.5, 0.6) is 0 Å². The Balaban J connectivity index is 0.000000249. The first-order valence-corrected chi connectivity index (χ1v) is 4.88. The summed E-state index contributed by atoms with van der Waals surface area (Å²) in [7, 11) is 0. The van der Waals surface area contributed by atoms with Gasteiger partial charge in [0.1, 0.15) is 0 Å². The highest BCUT2D eigenvalue weighted by Crippen LogP contribution is 2.13. The van der Waals surface area contributed by atoms with E-state index >= 15 is 0 Å². The Bertz CT molecular complexity index is 207. The Hall–Kier alpha value is -1.25. The van der Waals surface area contributed by atoms with Crippen LogP contribution >= 0.6 is 0 Å². The van der Waals surface area contributed by atoms with Crippen LogP contribution in [0.15, 0.2) is 24.5 Å². The summed E-state index contributed by atoms with van der Waals surface area (Å²) >= 11 is 0. The third kappa shape index (κ3) is 7.40. The zero-order valence-electron chi connectivity index (χ0n) is 8.66. The number of ether oxygens (including phenoxy) is 1. The standard InChI is InChI=1S/C6H10O2.C5H8O/c1-3-5-8-6(7)4-2;6-5-3-1-2-4-5/h4H,2-3,5H2,1H3;3,6H,1-2,4H2. The number of carbonyl (C=O) groups is 1. The van der Waals surface area contributed by atoms with E-state index in [0.717, 1.165) is 31.8 Å². The fourth-order valence-electron chi connectivity index (χ4n) is 0.915. The van der Waals surface area contributed by atoms with Gasteiger partial charge in [0.15, 0.2) is 0 Å². The van der Waals surface area contributed by atoms with E-state index in [0.29, 0.717) is 12.4 Å². The zero-order chi connectivity index (χ0) is 10.8. The van der Waals surface area contributed by atoms with Gasteiger partial charge in [0.2, 0.25) is 0 Å². The first-order chi connectivity index (χ1) is 6.70. The van der Waals surface area contributed by atoms with Crippen LogP contribution in [0.3, 0.4) is 0 Å². The maximum atomic E-state index is 10.2. The van der Waals surface area contributed by atoms with Gasteiger partial charge in [-0.2, -0.15) is 0 Å². The van der Waals surface area contributed by atoms with Gasteiger partial charge in [-0.1, -0.05) is 13.5 Å². The fraction of sp³-hybridized carbons (Fsp3) is 0.545. The van der Waals surface area contributed by atoms with Crippen LogP contribution in [-0.2, 0) is 9.53 Å². The van der Waals surface area contributed by atoms with Crippen LogP contribution < -0.4 is 0 Å². The predicted octanol–water partition coefficient (Wildman–Crippen LogP) is 2.74. The molecule has 1 rings (SSSR count). The number of hydrogen-bond acceptors (Lipinski definition) is 3. The normalized spacial score (nSPS) is 13.6. The summed E-state index contributed by atoms with van der Waals surface area (Å²) in [6.45, 7) is 5.67. The quantitative estimate of drug-likeness (QED) is 0.560. The molecule has 80 valence electrons. The number of allylic oxidation sites excluding steroid dienone is 2. The molecular weight excluding hydrogens is 180 g/mol. The summed E-state index contributed by atoms with van der Waals surface area (Å²) in [6, 6.07) is 0. The third-order valence-electron chi connectivity index (χ3n) is 1.63. The van der Waals surface area contributed by atoms with Crippen LogP contribution in [0, 0.1) is 0 Å². The van der Waals surface area contributed by atoms with Gasteiger partial charge < -0.3 is 9.84 Å². The number of rotatable bonds is 3. The lowest BCUT2D eigenvalue weighted by Crippen LogP contribution is -1.99. The van der Waals surface area contributed by atoms with E-state index in [1.54, 1.807) is 0 Å². The highest BCUT2D eigenvalue weighted by Gasteiger charge is 1.98. The number of hydrogen-bond donors (Lipinski definition) is 1. The van der Waals surface area contributed by atoms with Crippen molar-refractivity contribution in [2.45, 2.75) is 32.6 Å². The SMILES string of the molecule is C=CC(=O)OCCC.OC1=CCCC1. The molecule has 0 aliphatic heterocycles. The van der Waals surface area contributed by atoms with Crippen LogP contribution in [0.25, 0.3) is 0 Å². The van der Waals surface area contributed by atoms with Crippen molar-refractivity contribution in [3.05, 3.63) is 24.5 Å². The number of aliphatic hydroxyl groups is 1. The molecule has 1 N–H and O–H groups in total. The van der Waals surface area contributed by atoms with Crippen LogP contribution in [0.1, 0.15) is 32.6 Å². The van der Waals surface area contributed by atoms with Crippen molar-refractivity contribution in [1.29, 1.82) is 0 Å². The molecule has 0 aromatic carbocycles. The molecular formula is C11H18O3. The lowest BCUT2D eigenvalue weighted by molar-refractivity contribution is -0.137. The first-order valence-electron chi connectivity index (χ1n) is 4.88. The highest BCUT2D eigenvalue weighted by molar-refractivity contribution is 5.81. The van der Waals surface area contributed by atoms with Crippen molar-refractivity contribution in [2.75, 3.05) is 6.61 Å². The predicted molar refractivity (Wildman–Crippen MR) is 56.0 cm³/mol. The molecule has 0 unspecified atom stereocenters. The van der Waals surface area contributed by atoms with E-state index in [-0.39, 0.29) is 5.97 Å². The van der Waals surface area contributed by atoms with Crippen LogP contribution in [0.2, 0.25) is 0 Å². The molecule has 0 spiro atoms. The van der Waals surface area contributed by atoms with E-state index in [1.807, 2.05) is 13.0 Å². The molecule has 14 heavy (non-hydrogen) atoms. The molecule has 0 bridgehead atoms. The number of aliphatic hydroxyl groups excluding tert-OH is 1. The number of carbonyl (C=O) groups excluding carboxylic acids is 1.